The van der Waals surface area contributed by atoms with Gasteiger partial charge in [0.25, 0.3) is 0 Å². The number of carbonyl (C=O) groups excluding carboxylic acids is 2. The average Bonchev–Trinajstić information content (AvgIpc) is 2.83. The van der Waals surface area contributed by atoms with Crippen LogP contribution in [-0.2, 0) is 26.2 Å². The van der Waals surface area contributed by atoms with Crippen LogP contribution >= 0.6 is 11.8 Å². The fraction of sp³-hybridized carbons (Fsp3) is 0.533. The molecule has 194 valence electrons. The molecule has 5 nitrogen and oxygen atoms in total. The molecular formula is C30H38O5S. The minimum atomic E-state index is -0.902. The van der Waals surface area contributed by atoms with Gasteiger partial charge in [-0.15, -0.1) is 11.8 Å². The van der Waals surface area contributed by atoms with Crippen molar-refractivity contribution in [1.29, 1.82) is 0 Å². The molecule has 0 bridgehead atoms. The van der Waals surface area contributed by atoms with Gasteiger partial charge in [0.1, 0.15) is 17.1 Å². The molecule has 1 aliphatic carbocycles. The molecule has 2 unspecified atom stereocenters. The maximum absolute atomic E-state index is 13.6. The normalized spacial score (nSPS) is 23.5. The molecule has 1 aliphatic heterocycles. The number of cyclic esters (lactones) is 1. The van der Waals surface area contributed by atoms with E-state index in [1.165, 1.54) is 18.2 Å². The van der Waals surface area contributed by atoms with Crippen LogP contribution in [0.3, 0.4) is 0 Å². The smallest absolute Gasteiger partial charge is 0.327 e. The van der Waals surface area contributed by atoms with Gasteiger partial charge in [-0.25, -0.2) is 0 Å². The van der Waals surface area contributed by atoms with E-state index >= 15 is 0 Å². The maximum atomic E-state index is 13.6. The maximum Gasteiger partial charge on any atom is 0.327 e. The van der Waals surface area contributed by atoms with Crippen molar-refractivity contribution >= 4 is 23.5 Å². The number of phenols is 2. The van der Waals surface area contributed by atoms with Crippen LogP contribution in [0.2, 0.25) is 0 Å². The molecule has 1 heterocycles. The van der Waals surface area contributed by atoms with Crippen LogP contribution < -0.4 is 0 Å². The number of ether oxygens (including phenoxy) is 1. The monoisotopic (exact) mass is 510 g/mol. The van der Waals surface area contributed by atoms with E-state index in [-0.39, 0.29) is 35.0 Å². The molecule has 0 radical (unpaired) electrons. The van der Waals surface area contributed by atoms with Crippen molar-refractivity contribution in [2.24, 2.45) is 5.92 Å². The number of hydrogen-bond acceptors (Lipinski definition) is 6. The van der Waals surface area contributed by atoms with Gasteiger partial charge in [0, 0.05) is 11.3 Å². The van der Waals surface area contributed by atoms with E-state index in [0.717, 1.165) is 41.7 Å². The highest BCUT2D eigenvalue weighted by Gasteiger charge is 2.51. The van der Waals surface area contributed by atoms with Crippen molar-refractivity contribution in [2.75, 3.05) is 0 Å². The summed E-state index contributed by atoms with van der Waals surface area (Å²) >= 11 is 1.26. The average molecular weight is 511 g/mol. The van der Waals surface area contributed by atoms with E-state index in [0.29, 0.717) is 18.4 Å². The molecule has 2 aromatic rings. The zero-order valence-corrected chi connectivity index (χ0v) is 22.6. The molecule has 2 aromatic carbocycles. The SMILES string of the molecule is Cc1cc(SC2C(=O)CC(CCc3ccc(O)cc3)(C3CCCCC3)OC2=O)c(C(C)(C)C)cc1O. The number of Topliss-reactive ketones (excluding diaryl/α,β-unsaturated/α-hetero) is 1. The van der Waals surface area contributed by atoms with Crippen LogP contribution in [-0.4, -0.2) is 32.8 Å². The Hall–Kier alpha value is -2.47. The zero-order valence-electron chi connectivity index (χ0n) is 21.8. The van der Waals surface area contributed by atoms with Gasteiger partial charge in [0.05, 0.1) is 0 Å². The molecule has 6 heteroatoms. The van der Waals surface area contributed by atoms with Crippen molar-refractivity contribution < 1.29 is 24.5 Å². The molecule has 2 atom stereocenters. The lowest BCUT2D eigenvalue weighted by Crippen LogP contribution is -2.53. The standard InChI is InChI=1S/C30H38O5S/c1-19-16-26(23(17-24(19)32)29(2,3)4)36-27-25(33)18-30(35-28(27)34,21-8-6-5-7-9-21)15-14-20-10-12-22(31)13-11-20/h10-13,16-17,21,27,31-32H,5-9,14-15,18H2,1-4H3. The number of aromatic hydroxyl groups is 2. The predicted molar refractivity (Wildman–Crippen MR) is 143 cm³/mol. The molecule has 2 fully saturated rings. The summed E-state index contributed by atoms with van der Waals surface area (Å²) in [5.74, 6) is 0.103. The number of aryl methyl sites for hydroxylation is 2. The third kappa shape index (κ3) is 5.74. The minimum Gasteiger partial charge on any atom is -0.508 e. The van der Waals surface area contributed by atoms with Gasteiger partial charge in [0.2, 0.25) is 0 Å². The van der Waals surface area contributed by atoms with Crippen LogP contribution in [0, 0.1) is 12.8 Å². The van der Waals surface area contributed by atoms with Crippen LogP contribution in [0.5, 0.6) is 11.5 Å². The van der Waals surface area contributed by atoms with E-state index in [1.807, 2.05) is 25.1 Å². The van der Waals surface area contributed by atoms with Crippen LogP contribution in [0.1, 0.15) is 82.4 Å². The van der Waals surface area contributed by atoms with Gasteiger partial charge in [0.15, 0.2) is 11.0 Å². The third-order valence-electron chi connectivity index (χ3n) is 7.76. The summed E-state index contributed by atoms with van der Waals surface area (Å²) in [6.45, 7) is 7.99. The second-order valence-corrected chi connectivity index (χ2v) is 12.7. The first-order chi connectivity index (χ1) is 17.0. The Morgan fingerprint density at radius 1 is 1.03 bits per heavy atom. The second-order valence-electron chi connectivity index (χ2n) is 11.5. The number of phenolic OH excluding ortho intramolecular Hbond substituents is 2. The molecular weight excluding hydrogens is 472 g/mol. The summed E-state index contributed by atoms with van der Waals surface area (Å²) in [6.07, 6.45) is 6.83. The Bertz CT molecular complexity index is 1090. The largest absolute Gasteiger partial charge is 0.508 e. The van der Waals surface area contributed by atoms with E-state index in [1.54, 1.807) is 18.2 Å². The van der Waals surface area contributed by atoms with Crippen LogP contribution in [0.25, 0.3) is 0 Å². The van der Waals surface area contributed by atoms with Gasteiger partial charge >= 0.3 is 5.97 Å². The highest BCUT2D eigenvalue weighted by atomic mass is 32.2. The number of benzene rings is 2. The Morgan fingerprint density at radius 2 is 1.69 bits per heavy atom. The number of esters is 1. The first-order valence-corrected chi connectivity index (χ1v) is 13.9. The van der Waals surface area contributed by atoms with E-state index in [9.17, 15) is 19.8 Å². The Kier molecular flexibility index (Phi) is 7.75. The van der Waals surface area contributed by atoms with Gasteiger partial charge in [-0.2, -0.15) is 0 Å². The lowest BCUT2D eigenvalue weighted by atomic mass is 9.70. The lowest BCUT2D eigenvalue weighted by molar-refractivity contribution is -0.179. The topological polar surface area (TPSA) is 83.8 Å². The highest BCUT2D eigenvalue weighted by Crippen LogP contribution is 2.46. The van der Waals surface area contributed by atoms with Crippen LogP contribution in [0.4, 0.5) is 0 Å². The van der Waals surface area contributed by atoms with Crippen molar-refractivity contribution in [1.82, 2.24) is 0 Å². The van der Waals surface area contributed by atoms with E-state index in [4.69, 9.17) is 4.74 Å². The fourth-order valence-electron chi connectivity index (χ4n) is 5.62. The first kappa shape index (κ1) is 26.6. The Morgan fingerprint density at radius 3 is 2.31 bits per heavy atom. The lowest BCUT2D eigenvalue weighted by Gasteiger charge is -2.45. The number of hydrogen-bond donors (Lipinski definition) is 2. The summed E-state index contributed by atoms with van der Waals surface area (Å²) in [5, 5.41) is 19.0. The molecule has 36 heavy (non-hydrogen) atoms. The zero-order chi connectivity index (χ0) is 26.1. The van der Waals surface area contributed by atoms with Crippen LogP contribution in [0.15, 0.2) is 41.3 Å². The molecule has 2 N–H and O–H groups in total. The van der Waals surface area contributed by atoms with E-state index < -0.39 is 16.8 Å². The number of ketones is 1. The Labute approximate surface area is 218 Å². The highest BCUT2D eigenvalue weighted by molar-refractivity contribution is 8.01. The molecule has 0 aromatic heterocycles. The van der Waals surface area contributed by atoms with Crippen molar-refractivity contribution in [3.63, 3.8) is 0 Å². The summed E-state index contributed by atoms with van der Waals surface area (Å²) in [7, 11) is 0. The molecule has 1 saturated carbocycles. The summed E-state index contributed by atoms with van der Waals surface area (Å²) in [4.78, 5) is 28.0. The molecule has 0 spiro atoms. The van der Waals surface area contributed by atoms with Crippen molar-refractivity contribution in [3.05, 3.63) is 53.1 Å². The third-order valence-corrected chi connectivity index (χ3v) is 9.04. The summed E-state index contributed by atoms with van der Waals surface area (Å²) in [5.41, 5.74) is 1.64. The predicted octanol–water partition coefficient (Wildman–Crippen LogP) is 6.63. The van der Waals surface area contributed by atoms with Gasteiger partial charge in [-0.3, -0.25) is 9.59 Å². The van der Waals surface area contributed by atoms with Gasteiger partial charge < -0.3 is 14.9 Å². The second kappa shape index (κ2) is 10.5. The first-order valence-electron chi connectivity index (χ1n) is 13.0. The quantitative estimate of drug-likeness (QED) is 0.335. The fourth-order valence-corrected chi connectivity index (χ4v) is 6.97. The molecule has 0 amide bonds. The van der Waals surface area contributed by atoms with Gasteiger partial charge in [-0.05, 0) is 84.9 Å². The molecule has 1 saturated heterocycles. The molecule has 4 rings (SSSR count). The van der Waals surface area contributed by atoms with Gasteiger partial charge in [-0.1, -0.05) is 52.2 Å². The van der Waals surface area contributed by atoms with Crippen molar-refractivity contribution in [2.45, 2.75) is 100 Å². The van der Waals surface area contributed by atoms with Crippen molar-refractivity contribution in [3.8, 4) is 11.5 Å². The summed E-state index contributed by atoms with van der Waals surface area (Å²) in [6, 6.07) is 10.7. The number of rotatable bonds is 6. The number of thioether (sulfide) groups is 1. The Balaban J connectivity index is 1.59. The van der Waals surface area contributed by atoms with E-state index in [2.05, 4.69) is 20.8 Å². The molecule has 2 aliphatic rings. The number of carbonyl (C=O) groups is 2. The summed E-state index contributed by atoms with van der Waals surface area (Å²) < 4.78 is 6.31. The minimum absolute atomic E-state index is 0.0712.